The van der Waals surface area contributed by atoms with Crippen molar-refractivity contribution in [1.82, 2.24) is 15.5 Å². The van der Waals surface area contributed by atoms with Gasteiger partial charge >= 0.3 is 12.1 Å². The van der Waals surface area contributed by atoms with E-state index in [2.05, 4.69) is 34.9 Å². The van der Waals surface area contributed by atoms with E-state index in [1.165, 1.54) is 22.3 Å². The molecule has 0 bridgehead atoms. The molecule has 2 atom stereocenters. The van der Waals surface area contributed by atoms with Crippen molar-refractivity contribution < 1.29 is 24.2 Å². The van der Waals surface area contributed by atoms with Crippen LogP contribution in [0.4, 0.5) is 4.79 Å². The van der Waals surface area contributed by atoms with Gasteiger partial charge in [0.2, 0.25) is 5.91 Å². The summed E-state index contributed by atoms with van der Waals surface area (Å²) in [6, 6.07) is 16.0. The molecule has 1 aliphatic carbocycles. The molecule has 1 saturated heterocycles. The standard InChI is InChI=1S/C27H33N3O5/c1-17(26(32)33)18(2)28-25(31)15-30-13-11-19(12-14-30)29-27(34)35-16-24-22-9-5-3-7-20(22)21-8-4-6-10-23(21)24/h3-10,17-19,24H,11-16H2,1-2H3,(H,28,31)(H,29,34)(H,32,33). The molecule has 1 heterocycles. The second-order valence-electron chi connectivity index (χ2n) is 9.50. The summed E-state index contributed by atoms with van der Waals surface area (Å²) >= 11 is 0. The minimum absolute atomic E-state index is 0.00378. The second kappa shape index (κ2) is 10.9. The maximum Gasteiger partial charge on any atom is 0.407 e. The van der Waals surface area contributed by atoms with E-state index in [4.69, 9.17) is 9.84 Å². The van der Waals surface area contributed by atoms with Gasteiger partial charge in [0.25, 0.3) is 0 Å². The van der Waals surface area contributed by atoms with Crippen LogP contribution in [-0.4, -0.2) is 66.3 Å². The number of benzene rings is 2. The topological polar surface area (TPSA) is 108 Å². The van der Waals surface area contributed by atoms with Crippen LogP contribution < -0.4 is 10.6 Å². The molecule has 2 aromatic rings. The monoisotopic (exact) mass is 479 g/mol. The van der Waals surface area contributed by atoms with Crippen LogP contribution in [-0.2, 0) is 14.3 Å². The summed E-state index contributed by atoms with van der Waals surface area (Å²) in [6.07, 6.45) is 1.02. The minimum Gasteiger partial charge on any atom is -0.481 e. The van der Waals surface area contributed by atoms with Gasteiger partial charge in [0.1, 0.15) is 6.61 Å². The van der Waals surface area contributed by atoms with E-state index in [1.807, 2.05) is 29.2 Å². The van der Waals surface area contributed by atoms with Gasteiger partial charge in [0.15, 0.2) is 0 Å². The molecule has 8 heteroatoms. The van der Waals surface area contributed by atoms with Crippen molar-refractivity contribution in [2.45, 2.75) is 44.7 Å². The molecular weight excluding hydrogens is 446 g/mol. The number of carbonyl (C=O) groups is 3. The molecule has 2 aromatic carbocycles. The lowest BCUT2D eigenvalue weighted by atomic mass is 9.98. The first-order chi connectivity index (χ1) is 16.8. The van der Waals surface area contributed by atoms with Crippen molar-refractivity contribution in [3.63, 3.8) is 0 Å². The Balaban J connectivity index is 1.21. The van der Waals surface area contributed by atoms with E-state index in [1.54, 1.807) is 13.8 Å². The fourth-order valence-electron chi connectivity index (χ4n) is 4.88. The third-order valence-corrected chi connectivity index (χ3v) is 7.15. The Bertz CT molecular complexity index is 1030. The van der Waals surface area contributed by atoms with Gasteiger partial charge in [-0.2, -0.15) is 0 Å². The first-order valence-electron chi connectivity index (χ1n) is 12.2. The minimum atomic E-state index is -0.932. The highest BCUT2D eigenvalue weighted by molar-refractivity contribution is 5.80. The van der Waals surface area contributed by atoms with Crippen LogP contribution in [0, 0.1) is 5.92 Å². The number of ether oxygens (including phenoxy) is 1. The molecule has 2 amide bonds. The van der Waals surface area contributed by atoms with Crippen molar-refractivity contribution in [1.29, 1.82) is 0 Å². The smallest absolute Gasteiger partial charge is 0.407 e. The first-order valence-corrected chi connectivity index (χ1v) is 12.2. The van der Waals surface area contributed by atoms with Crippen molar-refractivity contribution in [2.75, 3.05) is 26.2 Å². The zero-order chi connectivity index (χ0) is 24.9. The third-order valence-electron chi connectivity index (χ3n) is 7.15. The SMILES string of the molecule is CC(NC(=O)CN1CCC(NC(=O)OCC2c3ccccc3-c3ccccc32)CC1)C(C)C(=O)O. The van der Waals surface area contributed by atoms with Crippen LogP contribution in [0.1, 0.15) is 43.7 Å². The predicted octanol–water partition coefficient (Wildman–Crippen LogP) is 3.21. The predicted molar refractivity (Wildman–Crippen MR) is 132 cm³/mol. The van der Waals surface area contributed by atoms with Crippen molar-refractivity contribution in [3.05, 3.63) is 59.7 Å². The van der Waals surface area contributed by atoms with Crippen LogP contribution in [0.3, 0.4) is 0 Å². The molecule has 1 fully saturated rings. The summed E-state index contributed by atoms with van der Waals surface area (Å²) in [6.45, 7) is 5.12. The quantitative estimate of drug-likeness (QED) is 0.537. The highest BCUT2D eigenvalue weighted by Crippen LogP contribution is 2.44. The summed E-state index contributed by atoms with van der Waals surface area (Å²) < 4.78 is 5.64. The fraction of sp³-hybridized carbons (Fsp3) is 0.444. The molecule has 0 aromatic heterocycles. The summed E-state index contributed by atoms with van der Waals surface area (Å²) in [5.74, 6) is -1.74. The number of piperidine rings is 1. The van der Waals surface area contributed by atoms with Gasteiger partial charge in [-0.3, -0.25) is 14.5 Å². The largest absolute Gasteiger partial charge is 0.481 e. The van der Waals surface area contributed by atoms with Crippen molar-refractivity contribution in [3.8, 4) is 11.1 Å². The first kappa shape index (κ1) is 24.7. The van der Waals surface area contributed by atoms with Gasteiger partial charge in [0.05, 0.1) is 12.5 Å². The Morgan fingerprint density at radius 2 is 1.57 bits per heavy atom. The molecule has 0 radical (unpaired) electrons. The zero-order valence-corrected chi connectivity index (χ0v) is 20.2. The Labute approximate surface area is 205 Å². The number of carboxylic acid groups (broad SMARTS) is 1. The highest BCUT2D eigenvalue weighted by Gasteiger charge is 2.30. The number of likely N-dealkylation sites (tertiary alicyclic amines) is 1. The molecule has 1 aliphatic heterocycles. The van der Waals surface area contributed by atoms with Crippen LogP contribution >= 0.6 is 0 Å². The number of carboxylic acids is 1. The average molecular weight is 480 g/mol. The van der Waals surface area contributed by atoms with Crippen LogP contribution in [0.2, 0.25) is 0 Å². The Morgan fingerprint density at radius 1 is 1.00 bits per heavy atom. The van der Waals surface area contributed by atoms with Crippen LogP contribution in [0.5, 0.6) is 0 Å². The number of carbonyl (C=O) groups excluding carboxylic acids is 2. The number of hydrogen-bond donors (Lipinski definition) is 3. The summed E-state index contributed by atoms with van der Waals surface area (Å²) in [7, 11) is 0. The maximum absolute atomic E-state index is 12.5. The van der Waals surface area contributed by atoms with Gasteiger partial charge in [0, 0.05) is 31.1 Å². The molecule has 4 rings (SSSR count). The van der Waals surface area contributed by atoms with Gasteiger partial charge in [-0.05, 0) is 48.9 Å². The molecular formula is C27H33N3O5. The highest BCUT2D eigenvalue weighted by atomic mass is 16.5. The Kier molecular flexibility index (Phi) is 7.70. The lowest BCUT2D eigenvalue weighted by molar-refractivity contribution is -0.142. The molecule has 3 N–H and O–H groups in total. The third kappa shape index (κ3) is 5.82. The number of aliphatic carboxylic acids is 1. The summed E-state index contributed by atoms with van der Waals surface area (Å²) in [5.41, 5.74) is 4.75. The molecule has 2 unspecified atom stereocenters. The number of amides is 2. The van der Waals surface area contributed by atoms with E-state index >= 15 is 0 Å². The number of alkyl carbamates (subject to hydrolysis) is 1. The number of nitrogens with one attached hydrogen (secondary N) is 2. The normalized spacial score (nSPS) is 17.7. The van der Waals surface area contributed by atoms with Crippen molar-refractivity contribution >= 4 is 18.0 Å². The second-order valence-corrected chi connectivity index (χ2v) is 9.50. The Morgan fingerprint density at radius 3 is 2.14 bits per heavy atom. The number of fused-ring (bicyclic) bond motifs is 3. The van der Waals surface area contributed by atoms with E-state index in [9.17, 15) is 14.4 Å². The van der Waals surface area contributed by atoms with Gasteiger partial charge in [-0.15, -0.1) is 0 Å². The molecule has 0 spiro atoms. The molecule has 0 saturated carbocycles. The number of nitrogens with zero attached hydrogens (tertiary/aromatic N) is 1. The van der Waals surface area contributed by atoms with E-state index in [0.717, 1.165) is 12.8 Å². The fourth-order valence-corrected chi connectivity index (χ4v) is 4.88. The number of rotatable bonds is 8. The molecule has 35 heavy (non-hydrogen) atoms. The van der Waals surface area contributed by atoms with Crippen LogP contribution in [0.25, 0.3) is 11.1 Å². The van der Waals surface area contributed by atoms with E-state index < -0.39 is 24.0 Å². The zero-order valence-electron chi connectivity index (χ0n) is 20.2. The van der Waals surface area contributed by atoms with E-state index in [0.29, 0.717) is 13.1 Å². The summed E-state index contributed by atoms with van der Waals surface area (Å²) in [5, 5.41) is 14.8. The van der Waals surface area contributed by atoms with Gasteiger partial charge < -0.3 is 20.5 Å². The molecule has 2 aliphatic rings. The maximum atomic E-state index is 12.5. The molecule has 8 nitrogen and oxygen atoms in total. The van der Waals surface area contributed by atoms with E-state index in [-0.39, 0.29) is 31.0 Å². The average Bonchev–Trinajstić information content (AvgIpc) is 3.17. The Hall–Kier alpha value is -3.39. The molecule has 186 valence electrons. The lowest BCUT2D eigenvalue weighted by Gasteiger charge is -2.32. The lowest BCUT2D eigenvalue weighted by Crippen LogP contribution is -2.49. The van der Waals surface area contributed by atoms with Gasteiger partial charge in [-0.1, -0.05) is 48.5 Å². The number of hydrogen-bond acceptors (Lipinski definition) is 5. The summed E-state index contributed by atoms with van der Waals surface area (Å²) in [4.78, 5) is 37.9. The van der Waals surface area contributed by atoms with Crippen molar-refractivity contribution in [2.24, 2.45) is 5.92 Å². The van der Waals surface area contributed by atoms with Crippen LogP contribution in [0.15, 0.2) is 48.5 Å². The van der Waals surface area contributed by atoms with Gasteiger partial charge in [-0.25, -0.2) is 4.79 Å².